The summed E-state index contributed by atoms with van der Waals surface area (Å²) in [5, 5.41) is 0. The largest absolute Gasteiger partial charge is 0.463 e. The Kier molecular flexibility index (Phi) is 44.6. The third-order valence-electron chi connectivity index (χ3n) is 7.65. The minimum atomic E-state index is -0.156. The highest BCUT2D eigenvalue weighted by Gasteiger charge is 2.17. The Labute approximate surface area is 325 Å². The van der Waals surface area contributed by atoms with E-state index in [1.54, 1.807) is 0 Å². The van der Waals surface area contributed by atoms with E-state index in [0.29, 0.717) is 152 Å². The predicted molar refractivity (Wildman–Crippen MR) is 203 cm³/mol. The van der Waals surface area contributed by atoms with E-state index >= 15 is 0 Å². The van der Waals surface area contributed by atoms with Gasteiger partial charge >= 0.3 is 11.9 Å². The Morgan fingerprint density at radius 2 is 0.648 bits per heavy atom. The molecule has 54 heavy (non-hydrogen) atoms. The second-order valence-corrected chi connectivity index (χ2v) is 12.2. The van der Waals surface area contributed by atoms with Gasteiger partial charge in [0.1, 0.15) is 13.2 Å². The zero-order valence-electron chi connectivity index (χ0n) is 34.0. The van der Waals surface area contributed by atoms with E-state index in [0.717, 1.165) is 51.4 Å². The van der Waals surface area contributed by atoms with Gasteiger partial charge in [0.05, 0.1) is 151 Å². The molecule has 0 amide bonds. The van der Waals surface area contributed by atoms with Crippen LogP contribution in [0.2, 0.25) is 0 Å². The van der Waals surface area contributed by atoms with Gasteiger partial charge in [-0.25, -0.2) is 0 Å². The molecule has 15 nitrogen and oxygen atoms in total. The first kappa shape index (κ1) is 52.5. The average Bonchev–Trinajstić information content (AvgIpc) is 3.18. The molecule has 322 valence electrons. The summed E-state index contributed by atoms with van der Waals surface area (Å²) >= 11 is 0. The van der Waals surface area contributed by atoms with Crippen LogP contribution in [0.15, 0.2) is 0 Å². The maximum Gasteiger partial charge on any atom is 0.308 e. The van der Waals surface area contributed by atoms with Crippen molar-refractivity contribution in [3.63, 3.8) is 0 Å². The Morgan fingerprint density at radius 3 is 0.944 bits per heavy atom. The van der Waals surface area contributed by atoms with Crippen LogP contribution in [0.3, 0.4) is 0 Å². The van der Waals surface area contributed by atoms with Crippen LogP contribution in [0, 0.1) is 5.92 Å². The molecule has 0 fully saturated rings. The molecule has 0 saturated heterocycles. The van der Waals surface area contributed by atoms with Crippen LogP contribution in [0.4, 0.5) is 0 Å². The summed E-state index contributed by atoms with van der Waals surface area (Å²) in [4.78, 5) is 23.6. The molecule has 0 bridgehead atoms. The van der Waals surface area contributed by atoms with Gasteiger partial charge in [0.2, 0.25) is 0 Å². The van der Waals surface area contributed by atoms with E-state index in [2.05, 4.69) is 13.8 Å². The summed E-state index contributed by atoms with van der Waals surface area (Å²) in [5.74, 6) is -0.286. The first-order valence-electron chi connectivity index (χ1n) is 20.3. The number of unbranched alkanes of at least 4 members (excludes halogenated alkanes) is 4. The monoisotopic (exact) mass is 785 g/mol. The maximum atomic E-state index is 12.0. The average molecular weight is 785 g/mol. The SMILES string of the molecule is CCCCCCC(=O)OCCOCCOCCOCCOCCOCCOCCOCCOCCOCCOCCOCCOC(=O)C(CC)CCCC. The molecule has 1 unspecified atom stereocenters. The molecular weight excluding hydrogens is 708 g/mol. The topological polar surface area (TPSA) is 154 Å². The van der Waals surface area contributed by atoms with E-state index < -0.39 is 0 Å². The molecule has 0 heterocycles. The third-order valence-corrected chi connectivity index (χ3v) is 7.65. The van der Waals surface area contributed by atoms with Crippen molar-refractivity contribution < 1.29 is 71.2 Å². The summed E-state index contributed by atoms with van der Waals surface area (Å²) in [7, 11) is 0. The molecule has 0 aromatic rings. The van der Waals surface area contributed by atoms with E-state index in [-0.39, 0.29) is 31.1 Å². The maximum absolute atomic E-state index is 12.0. The van der Waals surface area contributed by atoms with E-state index in [9.17, 15) is 9.59 Å². The third kappa shape index (κ3) is 41.7. The lowest BCUT2D eigenvalue weighted by Gasteiger charge is -2.13. The minimum absolute atomic E-state index is 0.00768. The Morgan fingerprint density at radius 1 is 0.352 bits per heavy atom. The molecule has 0 rings (SSSR count). The van der Waals surface area contributed by atoms with Crippen molar-refractivity contribution in [2.24, 2.45) is 5.92 Å². The number of ether oxygens (including phenoxy) is 13. The van der Waals surface area contributed by atoms with Gasteiger partial charge < -0.3 is 61.6 Å². The standard InChI is InChI=1S/C39H76O15/c1-4-7-9-10-12-38(40)53-35-33-51-31-29-49-27-25-47-23-21-45-19-17-43-15-13-42-14-16-44-18-20-46-22-24-48-26-28-50-30-32-52-34-36-54-39(41)37(6-3)11-8-5-2/h37H,4-36H2,1-3H3. The van der Waals surface area contributed by atoms with Crippen LogP contribution < -0.4 is 0 Å². The quantitative estimate of drug-likeness (QED) is 0.0631. The summed E-state index contributed by atoms with van der Waals surface area (Å²) in [5.41, 5.74) is 0. The normalized spacial score (nSPS) is 12.0. The van der Waals surface area contributed by atoms with Crippen LogP contribution >= 0.6 is 0 Å². The van der Waals surface area contributed by atoms with E-state index in [4.69, 9.17) is 61.6 Å². The lowest BCUT2D eigenvalue weighted by Crippen LogP contribution is -2.20. The van der Waals surface area contributed by atoms with Crippen molar-refractivity contribution in [2.45, 2.75) is 78.6 Å². The number of esters is 2. The van der Waals surface area contributed by atoms with Crippen LogP contribution in [0.1, 0.15) is 78.6 Å². The molecule has 0 aliphatic heterocycles. The fraction of sp³-hybridized carbons (Fsp3) is 0.949. The first-order chi connectivity index (χ1) is 26.7. The van der Waals surface area contributed by atoms with Gasteiger partial charge in [-0.3, -0.25) is 9.59 Å². The zero-order valence-corrected chi connectivity index (χ0v) is 34.0. The molecule has 0 aromatic heterocycles. The second-order valence-electron chi connectivity index (χ2n) is 12.2. The van der Waals surface area contributed by atoms with Gasteiger partial charge in [-0.1, -0.05) is 52.9 Å². The summed E-state index contributed by atoms with van der Waals surface area (Å²) in [6.45, 7) is 17.2. The van der Waals surface area contributed by atoms with Gasteiger partial charge in [0.15, 0.2) is 0 Å². The van der Waals surface area contributed by atoms with Gasteiger partial charge in [0, 0.05) is 6.42 Å². The van der Waals surface area contributed by atoms with Crippen LogP contribution in [-0.4, -0.2) is 171 Å². The number of rotatable bonds is 46. The second kappa shape index (κ2) is 45.9. The highest BCUT2D eigenvalue weighted by Crippen LogP contribution is 2.14. The van der Waals surface area contributed by atoms with E-state index in [1.807, 2.05) is 6.92 Å². The molecule has 15 heteroatoms. The Bertz CT molecular complexity index is 762. The number of carbonyl (C=O) groups is 2. The Hall–Kier alpha value is -1.50. The number of hydrogen-bond donors (Lipinski definition) is 0. The van der Waals surface area contributed by atoms with Crippen LogP contribution in [-0.2, 0) is 71.2 Å². The van der Waals surface area contributed by atoms with Gasteiger partial charge in [-0.15, -0.1) is 0 Å². The van der Waals surface area contributed by atoms with Crippen molar-refractivity contribution in [3.8, 4) is 0 Å². The van der Waals surface area contributed by atoms with Gasteiger partial charge in [-0.2, -0.15) is 0 Å². The molecular formula is C39H76O15. The van der Waals surface area contributed by atoms with Crippen LogP contribution in [0.25, 0.3) is 0 Å². The minimum Gasteiger partial charge on any atom is -0.463 e. The fourth-order valence-corrected chi connectivity index (χ4v) is 4.54. The fourth-order valence-electron chi connectivity index (χ4n) is 4.54. The molecule has 0 N–H and O–H groups in total. The van der Waals surface area contributed by atoms with Gasteiger partial charge in [0.25, 0.3) is 0 Å². The summed E-state index contributed by atoms with van der Waals surface area (Å²) in [6, 6.07) is 0. The molecule has 0 spiro atoms. The molecule has 0 aliphatic carbocycles. The molecule has 0 saturated carbocycles. The lowest BCUT2D eigenvalue weighted by atomic mass is 10.00. The predicted octanol–water partition coefficient (Wildman–Crippen LogP) is 4.44. The Balaban J connectivity index is 3.15. The van der Waals surface area contributed by atoms with E-state index in [1.165, 1.54) is 0 Å². The highest BCUT2D eigenvalue weighted by molar-refractivity contribution is 5.72. The van der Waals surface area contributed by atoms with Crippen molar-refractivity contribution in [3.05, 3.63) is 0 Å². The highest BCUT2D eigenvalue weighted by atomic mass is 16.6. The lowest BCUT2D eigenvalue weighted by molar-refractivity contribution is -0.150. The zero-order chi connectivity index (χ0) is 39.3. The summed E-state index contributed by atoms with van der Waals surface area (Å²) in [6.07, 6.45) is 8.56. The van der Waals surface area contributed by atoms with Crippen molar-refractivity contribution in [1.82, 2.24) is 0 Å². The van der Waals surface area contributed by atoms with Gasteiger partial charge in [-0.05, 0) is 19.3 Å². The van der Waals surface area contributed by atoms with Crippen molar-refractivity contribution in [1.29, 1.82) is 0 Å². The van der Waals surface area contributed by atoms with Crippen molar-refractivity contribution >= 4 is 11.9 Å². The number of carbonyl (C=O) groups excluding carboxylic acids is 2. The number of hydrogen-bond acceptors (Lipinski definition) is 15. The molecule has 0 radical (unpaired) electrons. The molecule has 1 atom stereocenters. The molecule has 0 aliphatic rings. The van der Waals surface area contributed by atoms with Crippen molar-refractivity contribution in [2.75, 3.05) is 159 Å². The molecule has 0 aromatic carbocycles. The van der Waals surface area contributed by atoms with Crippen LogP contribution in [0.5, 0.6) is 0 Å². The summed E-state index contributed by atoms with van der Waals surface area (Å²) < 4.78 is 70.6. The first-order valence-corrected chi connectivity index (χ1v) is 20.3. The smallest absolute Gasteiger partial charge is 0.308 e.